The van der Waals surface area contributed by atoms with E-state index in [1.165, 1.54) is 0 Å². The summed E-state index contributed by atoms with van der Waals surface area (Å²) in [7, 11) is 0. The van der Waals surface area contributed by atoms with Crippen LogP contribution in [0.2, 0.25) is 0 Å². The number of amides is 5. The van der Waals surface area contributed by atoms with Crippen LogP contribution < -0.4 is 10.6 Å². The van der Waals surface area contributed by atoms with Crippen molar-refractivity contribution in [2.75, 3.05) is 6.54 Å². The second kappa shape index (κ2) is 8.44. The number of carbonyl (C=O) groups is 4. The fourth-order valence-corrected chi connectivity index (χ4v) is 3.59. The number of rotatable bonds is 5. The molecule has 0 bridgehead atoms. The van der Waals surface area contributed by atoms with E-state index in [4.69, 9.17) is 0 Å². The smallest absolute Gasteiger partial charge is 0.331 e. The fraction of sp³-hybridized carbons (Fsp3) is 0.300. The van der Waals surface area contributed by atoms with E-state index in [1.54, 1.807) is 24.3 Å². The average molecular weight is 367 g/mol. The molecule has 0 aromatic heterocycles. The monoisotopic (exact) mass is 367 g/mol. The van der Waals surface area contributed by atoms with Crippen LogP contribution in [0.5, 0.6) is 0 Å². The van der Waals surface area contributed by atoms with Gasteiger partial charge in [-0.05, 0) is 11.5 Å². The third kappa shape index (κ3) is 4.31. The Morgan fingerprint density at radius 3 is 2.63 bits per heavy atom. The summed E-state index contributed by atoms with van der Waals surface area (Å²) in [5.74, 6) is -1.03. The van der Waals surface area contributed by atoms with E-state index >= 15 is 0 Å². The number of piperidine rings is 1. The van der Waals surface area contributed by atoms with Crippen molar-refractivity contribution in [3.63, 3.8) is 0 Å². The lowest BCUT2D eigenvalue weighted by Crippen LogP contribution is -2.58. The van der Waals surface area contributed by atoms with Gasteiger partial charge in [-0.1, -0.05) is 54.6 Å². The Bertz CT molecular complexity index is 788. The maximum absolute atomic E-state index is 12.6. The molecule has 1 aromatic rings. The Hall–Kier alpha value is -3.22. The number of urea groups is 1. The highest BCUT2D eigenvalue weighted by Gasteiger charge is 2.43. The number of nitrogens with one attached hydrogen (secondary N) is 2. The molecule has 27 heavy (non-hydrogen) atoms. The first-order valence-corrected chi connectivity index (χ1v) is 8.82. The predicted octanol–water partition coefficient (Wildman–Crippen LogP) is 1.17. The number of hydrogen-bond donors (Lipinski definition) is 2. The number of carbonyl (C=O) groups excluding carboxylic acids is 4. The van der Waals surface area contributed by atoms with Gasteiger partial charge in [0.15, 0.2) is 0 Å². The van der Waals surface area contributed by atoms with Gasteiger partial charge < -0.3 is 5.32 Å². The number of benzene rings is 1. The maximum Gasteiger partial charge on any atom is 0.331 e. The van der Waals surface area contributed by atoms with E-state index in [-0.39, 0.29) is 30.6 Å². The molecule has 2 N–H and O–H groups in total. The summed E-state index contributed by atoms with van der Waals surface area (Å²) in [5, 5.41) is 4.93. The Morgan fingerprint density at radius 1 is 1.15 bits per heavy atom. The van der Waals surface area contributed by atoms with Crippen LogP contribution in [-0.4, -0.2) is 41.7 Å². The topological polar surface area (TPSA) is 95.6 Å². The first-order chi connectivity index (χ1) is 13.1. The summed E-state index contributed by atoms with van der Waals surface area (Å²) in [6.07, 6.45) is 8.13. The van der Waals surface area contributed by atoms with E-state index in [2.05, 4.69) is 10.6 Å². The highest BCUT2D eigenvalue weighted by Crippen LogP contribution is 2.33. The molecule has 5 amide bonds. The predicted molar refractivity (Wildman–Crippen MR) is 98.3 cm³/mol. The lowest BCUT2D eigenvalue weighted by Gasteiger charge is -2.42. The van der Waals surface area contributed by atoms with Crippen LogP contribution in [0.15, 0.2) is 54.6 Å². The van der Waals surface area contributed by atoms with E-state index in [1.807, 2.05) is 30.4 Å². The van der Waals surface area contributed by atoms with Crippen LogP contribution in [0.25, 0.3) is 0 Å². The molecule has 7 heteroatoms. The van der Waals surface area contributed by atoms with Gasteiger partial charge in [0.1, 0.15) is 0 Å². The second-order valence-corrected chi connectivity index (χ2v) is 6.61. The summed E-state index contributed by atoms with van der Waals surface area (Å²) in [6, 6.07) is 7.89. The van der Waals surface area contributed by atoms with Crippen LogP contribution in [-0.2, 0) is 20.8 Å². The van der Waals surface area contributed by atoms with Crippen LogP contribution in [0, 0.1) is 11.8 Å². The Morgan fingerprint density at radius 2 is 1.89 bits per heavy atom. The minimum atomic E-state index is -0.710. The number of allylic oxidation sites excluding steroid dienone is 2. The van der Waals surface area contributed by atoms with Gasteiger partial charge in [-0.15, -0.1) is 0 Å². The molecule has 1 aliphatic carbocycles. The Labute approximate surface area is 157 Å². The van der Waals surface area contributed by atoms with Crippen LogP contribution >= 0.6 is 0 Å². The second-order valence-electron chi connectivity index (χ2n) is 6.61. The third-order valence-corrected chi connectivity index (χ3v) is 4.83. The highest BCUT2D eigenvalue weighted by atomic mass is 16.2. The van der Waals surface area contributed by atoms with Gasteiger partial charge in [0.25, 0.3) is 0 Å². The van der Waals surface area contributed by atoms with Gasteiger partial charge >= 0.3 is 6.03 Å². The molecule has 1 heterocycles. The number of likely N-dealkylation sites (tertiary alicyclic amines) is 1. The SMILES string of the molecule is O=CNCC1CC(=O)N(C(=O)NC(=O)Cc2ccccc2)C2C=CC=CC12. The van der Waals surface area contributed by atoms with E-state index in [0.717, 1.165) is 10.5 Å². The van der Waals surface area contributed by atoms with Gasteiger partial charge in [-0.25, -0.2) is 4.79 Å². The van der Waals surface area contributed by atoms with Crippen molar-refractivity contribution in [3.05, 3.63) is 60.2 Å². The quantitative estimate of drug-likeness (QED) is 0.764. The minimum Gasteiger partial charge on any atom is -0.358 e. The number of imide groups is 2. The van der Waals surface area contributed by atoms with Crippen LogP contribution in [0.4, 0.5) is 4.79 Å². The van der Waals surface area contributed by atoms with Gasteiger partial charge in [0, 0.05) is 18.9 Å². The molecule has 0 radical (unpaired) electrons. The lowest BCUT2D eigenvalue weighted by atomic mass is 9.77. The Kier molecular flexibility index (Phi) is 5.80. The molecule has 3 atom stereocenters. The standard InChI is InChI=1S/C20H21N3O4/c24-13-21-12-15-11-19(26)23(17-9-5-4-8-16(15)17)20(27)22-18(25)10-14-6-2-1-3-7-14/h1-9,13,15-17H,10-12H2,(H,21,24)(H,22,25,27). The van der Waals surface area contributed by atoms with Crippen molar-refractivity contribution in [2.45, 2.75) is 18.9 Å². The van der Waals surface area contributed by atoms with Gasteiger partial charge in [0.2, 0.25) is 18.2 Å². The molecular weight excluding hydrogens is 346 g/mol. The molecule has 0 spiro atoms. The number of nitrogens with zero attached hydrogens (tertiary/aromatic N) is 1. The Balaban J connectivity index is 1.69. The summed E-state index contributed by atoms with van der Waals surface area (Å²) >= 11 is 0. The molecule has 1 saturated heterocycles. The van der Waals surface area contributed by atoms with Crippen molar-refractivity contribution < 1.29 is 19.2 Å². The first kappa shape index (κ1) is 18.6. The molecule has 2 aliphatic rings. The van der Waals surface area contributed by atoms with Crippen molar-refractivity contribution >= 4 is 24.3 Å². The van der Waals surface area contributed by atoms with Crippen molar-refractivity contribution in [2.24, 2.45) is 11.8 Å². The molecular formula is C20H21N3O4. The van der Waals surface area contributed by atoms with E-state index < -0.39 is 18.0 Å². The van der Waals surface area contributed by atoms with Crippen molar-refractivity contribution in [1.29, 1.82) is 0 Å². The first-order valence-electron chi connectivity index (χ1n) is 8.82. The minimum absolute atomic E-state index is 0.0598. The lowest BCUT2D eigenvalue weighted by molar-refractivity contribution is -0.135. The fourth-order valence-electron chi connectivity index (χ4n) is 3.59. The number of hydrogen-bond acceptors (Lipinski definition) is 4. The summed E-state index contributed by atoms with van der Waals surface area (Å²) in [5.41, 5.74) is 0.783. The zero-order valence-corrected chi connectivity index (χ0v) is 14.7. The van der Waals surface area contributed by atoms with Crippen LogP contribution in [0.3, 0.4) is 0 Å². The zero-order chi connectivity index (χ0) is 19.2. The van der Waals surface area contributed by atoms with Crippen molar-refractivity contribution in [3.8, 4) is 0 Å². The van der Waals surface area contributed by atoms with Gasteiger partial charge in [-0.3, -0.25) is 24.6 Å². The molecule has 7 nitrogen and oxygen atoms in total. The summed E-state index contributed by atoms with van der Waals surface area (Å²) in [6.45, 7) is 0.358. The molecule has 1 aliphatic heterocycles. The van der Waals surface area contributed by atoms with Gasteiger partial charge in [-0.2, -0.15) is 0 Å². The summed E-state index contributed by atoms with van der Waals surface area (Å²) < 4.78 is 0. The molecule has 1 aromatic carbocycles. The maximum atomic E-state index is 12.6. The molecule has 140 valence electrons. The van der Waals surface area contributed by atoms with Gasteiger partial charge in [0.05, 0.1) is 12.5 Å². The molecule has 0 saturated carbocycles. The number of fused-ring (bicyclic) bond motifs is 1. The van der Waals surface area contributed by atoms with E-state index in [9.17, 15) is 19.2 Å². The summed E-state index contributed by atoms with van der Waals surface area (Å²) in [4.78, 5) is 49.1. The van der Waals surface area contributed by atoms with Crippen molar-refractivity contribution in [1.82, 2.24) is 15.5 Å². The van der Waals surface area contributed by atoms with Crippen LogP contribution in [0.1, 0.15) is 12.0 Å². The van der Waals surface area contributed by atoms with E-state index in [0.29, 0.717) is 13.0 Å². The highest BCUT2D eigenvalue weighted by molar-refractivity contribution is 6.03. The zero-order valence-electron chi connectivity index (χ0n) is 14.7. The molecule has 3 rings (SSSR count). The average Bonchev–Trinajstić information content (AvgIpc) is 2.66. The normalized spacial score (nSPS) is 23.5. The largest absolute Gasteiger partial charge is 0.358 e. The molecule has 3 unspecified atom stereocenters. The molecule has 1 fully saturated rings. The third-order valence-electron chi connectivity index (χ3n) is 4.83.